The number of anilines is 1. The molecule has 1 saturated heterocycles. The molecule has 1 aliphatic carbocycles. The summed E-state index contributed by atoms with van der Waals surface area (Å²) in [5.74, 6) is 0.839. The van der Waals surface area contributed by atoms with Gasteiger partial charge in [-0.05, 0) is 25.7 Å². The molecule has 1 aromatic rings. The lowest BCUT2D eigenvalue weighted by molar-refractivity contribution is -0.133. The van der Waals surface area contributed by atoms with Gasteiger partial charge in [-0.1, -0.05) is 0 Å². The Balaban J connectivity index is 1.53. The van der Waals surface area contributed by atoms with E-state index in [0.29, 0.717) is 32.8 Å². The van der Waals surface area contributed by atoms with Gasteiger partial charge in [-0.2, -0.15) is 0 Å². The minimum absolute atomic E-state index is 0.109. The number of nitrogens with one attached hydrogen (secondary N) is 2. The van der Waals surface area contributed by atoms with Gasteiger partial charge in [0.25, 0.3) is 0 Å². The molecule has 2 heterocycles. The Morgan fingerprint density at radius 1 is 1.32 bits per heavy atom. The van der Waals surface area contributed by atoms with Crippen LogP contribution in [0.15, 0.2) is 0 Å². The summed E-state index contributed by atoms with van der Waals surface area (Å²) in [6.45, 7) is 2.96. The van der Waals surface area contributed by atoms with Crippen LogP contribution >= 0.6 is 0 Å². The van der Waals surface area contributed by atoms with Crippen LogP contribution in [0.25, 0.3) is 0 Å². The number of hydrogen-bond donors (Lipinski definition) is 2. The third kappa shape index (κ3) is 2.89. The van der Waals surface area contributed by atoms with E-state index in [1.54, 1.807) is 0 Å². The molecule has 2 N–H and O–H groups in total. The first-order valence-corrected chi connectivity index (χ1v) is 7.00. The van der Waals surface area contributed by atoms with Crippen LogP contribution in [0.5, 0.6) is 0 Å². The van der Waals surface area contributed by atoms with Crippen molar-refractivity contribution < 1.29 is 9.53 Å². The first-order chi connectivity index (χ1) is 9.33. The minimum Gasteiger partial charge on any atom is -0.378 e. The van der Waals surface area contributed by atoms with Gasteiger partial charge >= 0.3 is 0 Å². The number of rotatable bonds is 3. The van der Waals surface area contributed by atoms with Crippen LogP contribution in [0.4, 0.5) is 5.95 Å². The lowest BCUT2D eigenvalue weighted by atomic mass is 10.0. The number of fused-ring (bicyclic) bond motifs is 1. The second kappa shape index (κ2) is 5.61. The van der Waals surface area contributed by atoms with Crippen molar-refractivity contribution in [2.24, 2.45) is 0 Å². The lowest BCUT2D eigenvalue weighted by Gasteiger charge is -2.26. The molecule has 6 nitrogen and oxygen atoms in total. The molecule has 1 aromatic heterocycles. The maximum atomic E-state index is 12.0. The number of aromatic nitrogens is 2. The van der Waals surface area contributed by atoms with Crippen molar-refractivity contribution in [3.63, 3.8) is 0 Å². The van der Waals surface area contributed by atoms with Gasteiger partial charge in [0, 0.05) is 18.8 Å². The average Bonchev–Trinajstić information content (AvgIpc) is 2.88. The lowest BCUT2D eigenvalue weighted by Crippen LogP contribution is -2.43. The van der Waals surface area contributed by atoms with E-state index >= 15 is 0 Å². The molecule has 1 fully saturated rings. The number of aryl methyl sites for hydroxylation is 2. The summed E-state index contributed by atoms with van der Waals surface area (Å²) in [4.78, 5) is 21.6. The smallest absolute Gasteiger partial charge is 0.242 e. The van der Waals surface area contributed by atoms with Gasteiger partial charge in [0.05, 0.1) is 25.5 Å². The molecule has 0 atom stereocenters. The van der Waals surface area contributed by atoms with Gasteiger partial charge in [-0.15, -0.1) is 0 Å². The van der Waals surface area contributed by atoms with Crippen LogP contribution in [-0.4, -0.2) is 53.6 Å². The van der Waals surface area contributed by atoms with Crippen LogP contribution in [0.1, 0.15) is 24.2 Å². The summed E-state index contributed by atoms with van der Waals surface area (Å²) in [6, 6.07) is 0. The molecule has 1 aliphatic heterocycles. The number of hydrogen-bond acceptors (Lipinski definition) is 4. The van der Waals surface area contributed by atoms with E-state index < -0.39 is 0 Å². The third-order valence-corrected chi connectivity index (χ3v) is 3.73. The van der Waals surface area contributed by atoms with Crippen molar-refractivity contribution in [3.05, 3.63) is 11.4 Å². The van der Waals surface area contributed by atoms with Gasteiger partial charge in [0.1, 0.15) is 0 Å². The van der Waals surface area contributed by atoms with Crippen LogP contribution in [0.2, 0.25) is 0 Å². The number of morpholine rings is 1. The molecule has 0 saturated carbocycles. The number of aromatic amines is 1. The van der Waals surface area contributed by atoms with Crippen molar-refractivity contribution in [2.75, 3.05) is 38.2 Å². The Hall–Kier alpha value is -1.56. The number of carbonyl (C=O) groups is 1. The summed E-state index contributed by atoms with van der Waals surface area (Å²) in [6.07, 6.45) is 4.55. The molecule has 1 amide bonds. The molecule has 19 heavy (non-hydrogen) atoms. The Morgan fingerprint density at radius 2 is 2.11 bits per heavy atom. The number of nitrogens with zero attached hydrogens (tertiary/aromatic N) is 2. The average molecular weight is 264 g/mol. The van der Waals surface area contributed by atoms with Gasteiger partial charge in [-0.25, -0.2) is 4.98 Å². The quantitative estimate of drug-likeness (QED) is 0.837. The fourth-order valence-corrected chi connectivity index (χ4v) is 2.62. The first kappa shape index (κ1) is 12.5. The second-order valence-electron chi connectivity index (χ2n) is 5.06. The summed E-state index contributed by atoms with van der Waals surface area (Å²) in [7, 11) is 0. The normalized spacial score (nSPS) is 19.1. The zero-order valence-electron chi connectivity index (χ0n) is 11.1. The highest BCUT2D eigenvalue weighted by Gasteiger charge is 2.18. The van der Waals surface area contributed by atoms with Gasteiger partial charge < -0.3 is 19.9 Å². The van der Waals surface area contributed by atoms with Crippen molar-refractivity contribution in [3.8, 4) is 0 Å². The number of carbonyl (C=O) groups excluding carboxylic acids is 1. The Kier molecular flexibility index (Phi) is 3.68. The van der Waals surface area contributed by atoms with Gasteiger partial charge in [0.15, 0.2) is 0 Å². The predicted molar refractivity (Wildman–Crippen MR) is 71.1 cm³/mol. The van der Waals surface area contributed by atoms with Crippen molar-refractivity contribution in [1.29, 1.82) is 0 Å². The highest BCUT2D eigenvalue weighted by molar-refractivity contribution is 5.80. The Bertz CT molecular complexity index is 428. The molecule has 0 bridgehead atoms. The second-order valence-corrected chi connectivity index (χ2v) is 5.06. The molecular formula is C13H20N4O2. The predicted octanol–water partition coefficient (Wildman–Crippen LogP) is 0.559. The Morgan fingerprint density at radius 3 is 2.89 bits per heavy atom. The molecule has 104 valence electrons. The summed E-state index contributed by atoms with van der Waals surface area (Å²) in [5, 5.41) is 3.10. The first-order valence-electron chi connectivity index (χ1n) is 7.00. The number of ether oxygens (including phenoxy) is 1. The van der Waals surface area contributed by atoms with Gasteiger partial charge in [0.2, 0.25) is 11.9 Å². The topological polar surface area (TPSA) is 70.2 Å². The van der Waals surface area contributed by atoms with E-state index in [1.165, 1.54) is 18.5 Å². The monoisotopic (exact) mass is 264 g/mol. The van der Waals surface area contributed by atoms with Crippen molar-refractivity contribution in [2.45, 2.75) is 25.7 Å². The standard InChI is InChI=1S/C13H20N4O2/c18-12(17-5-7-19-8-6-17)9-14-13-15-10-3-1-2-4-11(10)16-13/h1-9H2,(H2,14,15,16). The fraction of sp³-hybridized carbons (Fsp3) is 0.692. The molecule has 0 radical (unpaired) electrons. The maximum absolute atomic E-state index is 12.0. The third-order valence-electron chi connectivity index (χ3n) is 3.73. The number of imidazole rings is 1. The molecule has 2 aliphatic rings. The molecule has 0 spiro atoms. The van der Waals surface area contributed by atoms with E-state index in [4.69, 9.17) is 4.74 Å². The van der Waals surface area contributed by atoms with E-state index in [9.17, 15) is 4.79 Å². The van der Waals surface area contributed by atoms with E-state index in [2.05, 4.69) is 15.3 Å². The summed E-state index contributed by atoms with van der Waals surface area (Å²) >= 11 is 0. The Labute approximate surface area is 112 Å². The van der Waals surface area contributed by atoms with Crippen LogP contribution in [0, 0.1) is 0 Å². The SMILES string of the molecule is O=C(CNc1nc2c([nH]1)CCCC2)N1CCOCC1. The van der Waals surface area contributed by atoms with Crippen molar-refractivity contribution in [1.82, 2.24) is 14.9 Å². The molecule has 0 unspecified atom stereocenters. The van der Waals surface area contributed by atoms with E-state index in [0.717, 1.165) is 24.5 Å². The molecule has 6 heteroatoms. The molecule has 0 aromatic carbocycles. The summed E-state index contributed by atoms with van der Waals surface area (Å²) < 4.78 is 5.23. The van der Waals surface area contributed by atoms with Crippen LogP contribution in [0.3, 0.4) is 0 Å². The highest BCUT2D eigenvalue weighted by atomic mass is 16.5. The molecule has 3 rings (SSSR count). The minimum atomic E-state index is 0.109. The number of amides is 1. The fourth-order valence-electron chi connectivity index (χ4n) is 2.62. The van der Waals surface area contributed by atoms with Crippen LogP contribution in [-0.2, 0) is 22.4 Å². The highest BCUT2D eigenvalue weighted by Crippen LogP contribution is 2.20. The van der Waals surface area contributed by atoms with E-state index in [1.807, 2.05) is 4.90 Å². The zero-order chi connectivity index (χ0) is 13.1. The van der Waals surface area contributed by atoms with Crippen molar-refractivity contribution >= 4 is 11.9 Å². The molecular weight excluding hydrogens is 244 g/mol. The van der Waals surface area contributed by atoms with Crippen LogP contribution < -0.4 is 5.32 Å². The van der Waals surface area contributed by atoms with Gasteiger partial charge in [-0.3, -0.25) is 4.79 Å². The number of H-pyrrole nitrogens is 1. The largest absolute Gasteiger partial charge is 0.378 e. The zero-order valence-corrected chi connectivity index (χ0v) is 11.1. The van der Waals surface area contributed by atoms with E-state index in [-0.39, 0.29) is 5.91 Å². The summed E-state index contributed by atoms with van der Waals surface area (Å²) in [5.41, 5.74) is 2.39. The maximum Gasteiger partial charge on any atom is 0.242 e.